The van der Waals surface area contributed by atoms with Crippen molar-refractivity contribution in [1.29, 1.82) is 0 Å². The number of cyclic esters (lactones) is 1. The number of piperazine rings is 1. The Kier molecular flexibility index (Phi) is 13.9. The minimum atomic E-state index is -3.37. The van der Waals surface area contributed by atoms with Crippen molar-refractivity contribution in [3.05, 3.63) is 52.1 Å². The zero-order chi connectivity index (χ0) is 54.6. The molecule has 4 aliphatic carbocycles. The molecular formula is C58H77N9O10S2. The van der Waals surface area contributed by atoms with Crippen LogP contribution >= 0.6 is 11.3 Å². The summed E-state index contributed by atoms with van der Waals surface area (Å²) in [6.07, 6.45) is 9.54. The number of pyridine rings is 1. The van der Waals surface area contributed by atoms with Gasteiger partial charge in [-0.2, -0.15) is 0 Å². The Morgan fingerprint density at radius 2 is 1.72 bits per heavy atom. The summed E-state index contributed by atoms with van der Waals surface area (Å²) in [5.74, 6) is -1.16. The summed E-state index contributed by atoms with van der Waals surface area (Å²) in [6.45, 7) is 15.6. The highest BCUT2D eigenvalue weighted by molar-refractivity contribution is 7.92. The van der Waals surface area contributed by atoms with Crippen molar-refractivity contribution in [1.82, 2.24) is 40.1 Å². The van der Waals surface area contributed by atoms with Crippen molar-refractivity contribution in [2.75, 3.05) is 104 Å². The highest BCUT2D eigenvalue weighted by Gasteiger charge is 2.76. The number of esters is 1. The number of methoxy groups -OCH3 is 1. The molecule has 21 heteroatoms. The van der Waals surface area contributed by atoms with Crippen LogP contribution in [-0.2, 0) is 60.9 Å². The van der Waals surface area contributed by atoms with Crippen LogP contribution in [0, 0.1) is 16.2 Å². The first kappa shape index (κ1) is 53.7. The molecule has 1 aromatic carbocycles. The van der Waals surface area contributed by atoms with Gasteiger partial charge < -0.3 is 38.5 Å². The van der Waals surface area contributed by atoms with Gasteiger partial charge in [-0.25, -0.2) is 18.8 Å². The van der Waals surface area contributed by atoms with E-state index in [1.165, 1.54) is 35.4 Å². The monoisotopic (exact) mass is 1120 g/mol. The first-order valence-electron chi connectivity index (χ1n) is 28.8. The number of likely N-dealkylation sites (tertiary alicyclic amines) is 1. The minimum absolute atomic E-state index is 0.0471. The van der Waals surface area contributed by atoms with Gasteiger partial charge in [-0.1, -0.05) is 19.9 Å². The third kappa shape index (κ3) is 9.81. The number of hydrogen-bond acceptors (Lipinski definition) is 17. The van der Waals surface area contributed by atoms with E-state index in [0.29, 0.717) is 89.5 Å². The van der Waals surface area contributed by atoms with Gasteiger partial charge in [0.2, 0.25) is 5.91 Å². The normalized spacial score (nSPS) is 29.7. The number of fused-ring (bicyclic) bond motifs is 6. The van der Waals surface area contributed by atoms with E-state index in [-0.39, 0.29) is 55.3 Å². The van der Waals surface area contributed by atoms with Crippen LogP contribution in [-0.4, -0.2) is 183 Å². The van der Waals surface area contributed by atoms with E-state index in [1.54, 1.807) is 7.11 Å². The maximum atomic E-state index is 15.4. The van der Waals surface area contributed by atoms with Crippen molar-refractivity contribution in [3.63, 3.8) is 0 Å². The number of amides is 2. The van der Waals surface area contributed by atoms with E-state index in [1.807, 2.05) is 6.20 Å². The van der Waals surface area contributed by atoms with Gasteiger partial charge in [-0.3, -0.25) is 34.2 Å². The number of thiazole rings is 1. The number of anilines is 1. The molecule has 79 heavy (non-hydrogen) atoms. The van der Waals surface area contributed by atoms with Gasteiger partial charge in [0.25, 0.3) is 5.91 Å². The number of carbonyl (C=O) groups excluding carboxylic acids is 3. The molecule has 1 spiro atoms. The van der Waals surface area contributed by atoms with Crippen LogP contribution in [0.2, 0.25) is 0 Å². The average molecular weight is 1120 g/mol. The van der Waals surface area contributed by atoms with Crippen LogP contribution in [0.4, 0.5) is 5.69 Å². The molecule has 8 bridgehead atoms. The summed E-state index contributed by atoms with van der Waals surface area (Å²) >= 11 is 1.47. The lowest BCUT2D eigenvalue weighted by Crippen LogP contribution is -2.76. The van der Waals surface area contributed by atoms with Gasteiger partial charge >= 0.3 is 5.97 Å². The molecule has 10 aliphatic rings. The predicted octanol–water partition coefficient (Wildman–Crippen LogP) is 5.46. The van der Waals surface area contributed by atoms with E-state index < -0.39 is 49.5 Å². The molecule has 6 aliphatic heterocycles. The second kappa shape index (κ2) is 20.4. The lowest BCUT2D eigenvalue weighted by molar-refractivity contribution is -0.203. The van der Waals surface area contributed by atoms with Crippen LogP contribution in [0.15, 0.2) is 35.8 Å². The third-order valence-electron chi connectivity index (χ3n) is 19.1. The number of sulfone groups is 1. The summed E-state index contributed by atoms with van der Waals surface area (Å²) in [7, 11) is -1.64. The van der Waals surface area contributed by atoms with Crippen LogP contribution < -0.4 is 15.6 Å². The SMILES string of the molecule is CO[C@@H](C)c1ncc(N2CCN(C3CC3)CC2)cc1-c1c2c3cc(ccc3n1CCOC1CCOCC1)-c1csc(n1)[C@@H](N1CC3(COC3)C1)[C@H](NC(=O)C13CC(S(C)(=O)=O)(C1)C3)C(=O)N1CCC[C@H](N1)C(=O)OCC(C)(C)C2. The van der Waals surface area contributed by atoms with Gasteiger partial charge in [0.05, 0.1) is 83.8 Å². The molecule has 19 nitrogen and oxygen atoms in total. The van der Waals surface area contributed by atoms with E-state index >= 15 is 4.79 Å². The van der Waals surface area contributed by atoms with Crippen molar-refractivity contribution in [3.8, 4) is 22.5 Å². The third-order valence-corrected chi connectivity index (χ3v) is 22.0. The molecule has 4 saturated carbocycles. The summed E-state index contributed by atoms with van der Waals surface area (Å²) in [5.41, 5.74) is 9.45. The zero-order valence-electron chi connectivity index (χ0n) is 46.4. The highest BCUT2D eigenvalue weighted by Crippen LogP contribution is 2.71. The van der Waals surface area contributed by atoms with E-state index in [0.717, 1.165) is 89.4 Å². The van der Waals surface area contributed by atoms with Crippen molar-refractivity contribution < 1.29 is 46.5 Å². The number of ether oxygens (including phenoxy) is 5. The van der Waals surface area contributed by atoms with Crippen LogP contribution in [0.5, 0.6) is 0 Å². The molecule has 2 N–H and O–H groups in total. The average Bonchev–Trinajstić information content (AvgIpc) is 4.21. The molecule has 14 rings (SSSR count). The molecule has 4 aromatic rings. The van der Waals surface area contributed by atoms with Gasteiger partial charge in [0.1, 0.15) is 17.1 Å². The Morgan fingerprint density at radius 3 is 2.42 bits per heavy atom. The predicted molar refractivity (Wildman–Crippen MR) is 298 cm³/mol. The highest BCUT2D eigenvalue weighted by atomic mass is 32.2. The van der Waals surface area contributed by atoms with Gasteiger partial charge in [-0.05, 0) is 94.9 Å². The fraction of sp³-hybridized carbons (Fsp3) is 0.672. The number of hydrogen-bond donors (Lipinski definition) is 2. The fourth-order valence-electron chi connectivity index (χ4n) is 14.2. The number of hydrazine groups is 1. The molecule has 426 valence electrons. The van der Waals surface area contributed by atoms with Gasteiger partial charge in [0, 0.05) is 123 Å². The number of nitrogens with one attached hydrogen (secondary N) is 2. The number of aromatic nitrogens is 3. The molecule has 2 amide bonds. The molecule has 3 aromatic heterocycles. The Morgan fingerprint density at radius 1 is 0.962 bits per heavy atom. The van der Waals surface area contributed by atoms with Crippen molar-refractivity contribution in [2.24, 2.45) is 16.2 Å². The molecular weight excluding hydrogens is 1050 g/mol. The molecule has 9 heterocycles. The molecule has 0 radical (unpaired) electrons. The molecule has 9 fully saturated rings. The number of nitrogens with zero attached hydrogens (tertiary/aromatic N) is 7. The Labute approximate surface area is 467 Å². The van der Waals surface area contributed by atoms with Gasteiger partial charge in [-0.15, -0.1) is 11.3 Å². The molecule has 4 atom stereocenters. The van der Waals surface area contributed by atoms with E-state index in [9.17, 15) is 18.0 Å². The lowest BCUT2D eigenvalue weighted by Gasteiger charge is -2.67. The Balaban J connectivity index is 0.941. The second-order valence-electron chi connectivity index (χ2n) is 25.5. The van der Waals surface area contributed by atoms with Crippen molar-refractivity contribution >= 4 is 55.5 Å². The smallest absolute Gasteiger partial charge is 0.324 e. The minimum Gasteiger partial charge on any atom is -0.464 e. The largest absolute Gasteiger partial charge is 0.464 e. The maximum Gasteiger partial charge on any atom is 0.324 e. The number of carbonyl (C=O) groups is 3. The van der Waals surface area contributed by atoms with Crippen molar-refractivity contribution in [2.45, 2.75) is 133 Å². The quantitative estimate of drug-likeness (QED) is 0.160. The van der Waals surface area contributed by atoms with Gasteiger partial charge in [0.15, 0.2) is 9.84 Å². The van der Waals surface area contributed by atoms with Crippen LogP contribution in [0.1, 0.15) is 107 Å². The standard InChI is InChI=1S/C58H77N9O10S2/c1-36(73-4)47-42(24-39(26-59-47)64-17-15-63(16-18-64)38-9-10-38)49-43-25-55(2,3)33-77-53(69)44-7-6-14-67(62-44)52(68)48(61-54(70)57-28-58(29-57,30-57)79(5,71)72)50(65-31-56(32-65)34-75-35-56)51-60-45(27-78-51)37-8-11-46(41(43)23-37)66(49)19-22-76-40-12-20-74-21-13-40/h8,11,23-24,26-27,36,38,40,44,48,50,62H,6-7,9-10,12-22,25,28-35H2,1-5H3,(H,61,70)/t36-,44-,48-,50-,57?,58?/m0/s1. The molecule has 5 saturated heterocycles. The second-order valence-corrected chi connectivity index (χ2v) is 28.8. The molecule has 0 unspecified atom stereocenters. The summed E-state index contributed by atoms with van der Waals surface area (Å²) < 4.78 is 57.7. The van der Waals surface area contributed by atoms with Crippen LogP contribution in [0.25, 0.3) is 33.4 Å². The summed E-state index contributed by atoms with van der Waals surface area (Å²) in [6, 6.07) is 7.00. The summed E-state index contributed by atoms with van der Waals surface area (Å²) in [4.78, 5) is 62.5. The van der Waals surface area contributed by atoms with Crippen LogP contribution in [0.3, 0.4) is 0 Å². The zero-order valence-corrected chi connectivity index (χ0v) is 48.1. The lowest BCUT2D eigenvalue weighted by atomic mass is 9.43. The topological polar surface area (TPSA) is 199 Å². The van der Waals surface area contributed by atoms with E-state index in [4.69, 9.17) is 33.7 Å². The van der Waals surface area contributed by atoms with E-state index in [2.05, 4.69) is 80.4 Å². The Bertz CT molecular complexity index is 3110. The maximum absolute atomic E-state index is 15.4. The fourth-order valence-corrected chi connectivity index (χ4v) is 16.8. The first-order chi connectivity index (χ1) is 37.9. The number of rotatable bonds is 13. The number of benzene rings is 1. The summed E-state index contributed by atoms with van der Waals surface area (Å²) in [5, 5.41) is 8.49. The first-order valence-corrected chi connectivity index (χ1v) is 31.6. The Hall–Kier alpha value is -4.58.